The highest BCUT2D eigenvalue weighted by Crippen LogP contribution is 2.29. The number of carboxylic acid groups (broad SMARTS) is 1. The lowest BCUT2D eigenvalue weighted by molar-refractivity contribution is -0.139. The topological polar surface area (TPSA) is 95.5 Å². The summed E-state index contributed by atoms with van der Waals surface area (Å²) in [5, 5.41) is 14.7. The molecule has 1 heterocycles. The Labute approximate surface area is 133 Å². The van der Waals surface area contributed by atoms with Crippen LogP contribution in [0.4, 0.5) is 5.00 Å². The van der Waals surface area contributed by atoms with Gasteiger partial charge in [-0.25, -0.2) is 4.79 Å². The zero-order chi connectivity index (χ0) is 17.1. The highest BCUT2D eigenvalue weighted by Gasteiger charge is 2.26. The molecule has 1 atom stereocenters. The van der Waals surface area contributed by atoms with Gasteiger partial charge in [-0.05, 0) is 19.4 Å². The summed E-state index contributed by atoms with van der Waals surface area (Å²) in [5.41, 5.74) is -0.293. The molecule has 0 radical (unpaired) electrons. The molecule has 2 amide bonds. The Morgan fingerprint density at radius 2 is 1.91 bits per heavy atom. The minimum Gasteiger partial charge on any atom is -0.480 e. The maximum atomic E-state index is 12.3. The van der Waals surface area contributed by atoms with E-state index >= 15 is 0 Å². The van der Waals surface area contributed by atoms with E-state index in [2.05, 4.69) is 10.6 Å². The molecule has 0 aliphatic rings. The average molecular weight is 326 g/mol. The standard InChI is InChI=1S/C15H22N2O4S/c1-6-10(13(19)20)16-11(18)9-7-8(2)22-12(9)17-14(21)15(3,4)5/h7,10H,6H2,1-5H3,(H,16,18)(H,17,21)(H,19,20). The van der Waals surface area contributed by atoms with Crippen LogP contribution in [-0.2, 0) is 9.59 Å². The average Bonchev–Trinajstić information content (AvgIpc) is 2.75. The molecular weight excluding hydrogens is 304 g/mol. The van der Waals surface area contributed by atoms with Crippen LogP contribution < -0.4 is 10.6 Å². The zero-order valence-electron chi connectivity index (χ0n) is 13.4. The lowest BCUT2D eigenvalue weighted by Crippen LogP contribution is -2.40. The van der Waals surface area contributed by atoms with Crippen LogP contribution in [-0.4, -0.2) is 28.9 Å². The molecule has 0 spiro atoms. The molecule has 0 saturated carbocycles. The quantitative estimate of drug-likeness (QED) is 0.775. The molecular formula is C15H22N2O4S. The summed E-state index contributed by atoms with van der Waals surface area (Å²) in [6.07, 6.45) is 0.286. The van der Waals surface area contributed by atoms with Gasteiger partial charge in [0.1, 0.15) is 11.0 Å². The van der Waals surface area contributed by atoms with Crippen molar-refractivity contribution in [1.29, 1.82) is 0 Å². The van der Waals surface area contributed by atoms with Gasteiger partial charge >= 0.3 is 5.97 Å². The van der Waals surface area contributed by atoms with Crippen molar-refractivity contribution in [2.24, 2.45) is 5.41 Å². The zero-order valence-corrected chi connectivity index (χ0v) is 14.3. The number of hydrogen-bond donors (Lipinski definition) is 3. The normalized spacial score (nSPS) is 12.6. The Bertz CT molecular complexity index is 587. The lowest BCUT2D eigenvalue weighted by Gasteiger charge is -2.18. The second-order valence-electron chi connectivity index (χ2n) is 6.08. The lowest BCUT2D eigenvalue weighted by atomic mass is 9.96. The first-order valence-electron chi connectivity index (χ1n) is 7.01. The monoisotopic (exact) mass is 326 g/mol. The third-order valence-electron chi connectivity index (χ3n) is 3.02. The van der Waals surface area contributed by atoms with E-state index in [1.807, 2.05) is 6.92 Å². The van der Waals surface area contributed by atoms with Gasteiger partial charge in [-0.3, -0.25) is 9.59 Å². The molecule has 0 aromatic carbocycles. The molecule has 0 bridgehead atoms. The number of carbonyl (C=O) groups is 3. The van der Waals surface area contributed by atoms with E-state index in [9.17, 15) is 14.4 Å². The van der Waals surface area contributed by atoms with Crippen LogP contribution in [0.5, 0.6) is 0 Å². The number of anilines is 1. The van der Waals surface area contributed by atoms with Crippen LogP contribution in [0.2, 0.25) is 0 Å². The summed E-state index contributed by atoms with van der Waals surface area (Å²) < 4.78 is 0. The number of thiophene rings is 1. The van der Waals surface area contributed by atoms with Crippen molar-refractivity contribution in [1.82, 2.24) is 5.32 Å². The van der Waals surface area contributed by atoms with E-state index in [-0.39, 0.29) is 12.3 Å². The molecule has 6 nitrogen and oxygen atoms in total. The molecule has 7 heteroatoms. The Morgan fingerprint density at radius 3 is 2.36 bits per heavy atom. The number of aryl methyl sites for hydroxylation is 1. The summed E-state index contributed by atoms with van der Waals surface area (Å²) in [6, 6.07) is 0.700. The first-order chi connectivity index (χ1) is 10.1. The van der Waals surface area contributed by atoms with Gasteiger partial charge in [0.05, 0.1) is 5.56 Å². The Morgan fingerprint density at radius 1 is 1.32 bits per heavy atom. The van der Waals surface area contributed by atoms with E-state index in [0.717, 1.165) is 4.88 Å². The molecule has 122 valence electrons. The SMILES string of the molecule is CCC(NC(=O)c1cc(C)sc1NC(=O)C(C)(C)C)C(=O)O. The minimum atomic E-state index is -1.08. The second-order valence-corrected chi connectivity index (χ2v) is 7.33. The number of nitrogens with one attached hydrogen (secondary N) is 2. The van der Waals surface area contributed by atoms with E-state index in [0.29, 0.717) is 10.6 Å². The maximum Gasteiger partial charge on any atom is 0.326 e. The Hall–Kier alpha value is -1.89. The number of rotatable bonds is 5. The number of aliphatic carboxylic acids is 1. The summed E-state index contributed by atoms with van der Waals surface area (Å²) in [4.78, 5) is 36.2. The molecule has 0 aliphatic heterocycles. The smallest absolute Gasteiger partial charge is 0.326 e. The van der Waals surface area contributed by atoms with Crippen LogP contribution in [0.1, 0.15) is 49.4 Å². The molecule has 0 aliphatic carbocycles. The first kappa shape index (κ1) is 18.2. The number of hydrogen-bond acceptors (Lipinski definition) is 4. The van der Waals surface area contributed by atoms with E-state index in [1.54, 1.807) is 33.8 Å². The van der Waals surface area contributed by atoms with Gasteiger partial charge in [0.25, 0.3) is 5.91 Å². The van der Waals surface area contributed by atoms with Crippen molar-refractivity contribution in [2.45, 2.75) is 47.1 Å². The summed E-state index contributed by atoms with van der Waals surface area (Å²) in [7, 11) is 0. The third kappa shape index (κ3) is 4.56. The van der Waals surface area contributed by atoms with Crippen molar-refractivity contribution < 1.29 is 19.5 Å². The molecule has 0 fully saturated rings. The first-order valence-corrected chi connectivity index (χ1v) is 7.83. The van der Waals surface area contributed by atoms with Gasteiger partial charge < -0.3 is 15.7 Å². The van der Waals surface area contributed by atoms with Gasteiger partial charge in [-0.2, -0.15) is 0 Å². The maximum absolute atomic E-state index is 12.3. The fourth-order valence-electron chi connectivity index (χ4n) is 1.64. The largest absolute Gasteiger partial charge is 0.480 e. The molecule has 1 unspecified atom stereocenters. The van der Waals surface area contributed by atoms with Crippen molar-refractivity contribution in [2.75, 3.05) is 5.32 Å². The van der Waals surface area contributed by atoms with E-state index < -0.39 is 23.3 Å². The second kappa shape index (κ2) is 6.91. The predicted molar refractivity (Wildman–Crippen MR) is 86.3 cm³/mol. The molecule has 22 heavy (non-hydrogen) atoms. The fourth-order valence-corrected chi connectivity index (χ4v) is 2.54. The summed E-state index contributed by atoms with van der Waals surface area (Å²) in [6.45, 7) is 8.84. The van der Waals surface area contributed by atoms with Crippen molar-refractivity contribution in [3.63, 3.8) is 0 Å². The van der Waals surface area contributed by atoms with Crippen LogP contribution in [0.15, 0.2) is 6.07 Å². The van der Waals surface area contributed by atoms with Gasteiger partial charge in [-0.1, -0.05) is 27.7 Å². The number of carboxylic acids is 1. The van der Waals surface area contributed by atoms with Crippen LogP contribution in [0.3, 0.4) is 0 Å². The third-order valence-corrected chi connectivity index (χ3v) is 3.99. The summed E-state index contributed by atoms with van der Waals surface area (Å²) >= 11 is 1.29. The van der Waals surface area contributed by atoms with Crippen molar-refractivity contribution in [3.8, 4) is 0 Å². The highest BCUT2D eigenvalue weighted by atomic mass is 32.1. The Kier molecular flexibility index (Phi) is 5.71. The minimum absolute atomic E-state index is 0.200. The van der Waals surface area contributed by atoms with Crippen LogP contribution in [0, 0.1) is 12.3 Å². The van der Waals surface area contributed by atoms with Crippen LogP contribution >= 0.6 is 11.3 Å². The highest BCUT2D eigenvalue weighted by molar-refractivity contribution is 7.16. The van der Waals surface area contributed by atoms with Crippen molar-refractivity contribution >= 4 is 34.1 Å². The Balaban J connectivity index is 2.98. The van der Waals surface area contributed by atoms with Crippen molar-refractivity contribution in [3.05, 3.63) is 16.5 Å². The molecule has 0 saturated heterocycles. The molecule has 1 aromatic rings. The molecule has 1 rings (SSSR count). The number of amides is 2. The summed E-state index contributed by atoms with van der Waals surface area (Å²) in [5.74, 6) is -1.78. The van der Waals surface area contributed by atoms with Crippen LogP contribution in [0.25, 0.3) is 0 Å². The fraction of sp³-hybridized carbons (Fsp3) is 0.533. The van der Waals surface area contributed by atoms with Gasteiger partial charge in [0, 0.05) is 10.3 Å². The van der Waals surface area contributed by atoms with E-state index in [4.69, 9.17) is 5.11 Å². The molecule has 3 N–H and O–H groups in total. The molecule has 1 aromatic heterocycles. The van der Waals surface area contributed by atoms with Gasteiger partial charge in [0.15, 0.2) is 0 Å². The van der Waals surface area contributed by atoms with Gasteiger partial charge in [0.2, 0.25) is 5.91 Å². The predicted octanol–water partition coefficient (Wildman–Crippen LogP) is 2.63. The van der Waals surface area contributed by atoms with E-state index in [1.165, 1.54) is 11.3 Å². The number of carbonyl (C=O) groups excluding carboxylic acids is 2. The van der Waals surface area contributed by atoms with Gasteiger partial charge in [-0.15, -0.1) is 11.3 Å².